The smallest absolute Gasteiger partial charge is 0.401 e. The molecule has 284 valence electrons. The summed E-state index contributed by atoms with van der Waals surface area (Å²) in [6, 6.07) is 6.03. The van der Waals surface area contributed by atoms with E-state index in [1.54, 1.807) is 13.8 Å². The van der Waals surface area contributed by atoms with Crippen LogP contribution in [0.2, 0.25) is 0 Å². The molecule has 3 amide bonds. The minimum atomic E-state index is -4.34. The number of aromatic nitrogens is 1. The second kappa shape index (κ2) is 20.7. The number of aliphatic carboxylic acids is 1. The van der Waals surface area contributed by atoms with Gasteiger partial charge in [0.25, 0.3) is 0 Å². The molecule has 3 atom stereocenters. The zero-order valence-corrected chi connectivity index (χ0v) is 28.6. The highest BCUT2D eigenvalue weighted by atomic mass is 19.4. The van der Waals surface area contributed by atoms with E-state index in [0.29, 0.717) is 43.4 Å². The van der Waals surface area contributed by atoms with Gasteiger partial charge < -0.3 is 26.4 Å². The first-order valence-corrected chi connectivity index (χ1v) is 16.2. The van der Waals surface area contributed by atoms with Crippen molar-refractivity contribution in [2.75, 3.05) is 11.9 Å². The average Bonchev–Trinajstić information content (AvgIpc) is 3.02. The number of carboxylic acid groups (broad SMARTS) is 1. The molecular weight excluding hydrogens is 703 g/mol. The molecule has 3 aromatic rings. The van der Waals surface area contributed by atoms with Crippen molar-refractivity contribution in [1.82, 2.24) is 20.9 Å². The van der Waals surface area contributed by atoms with Crippen LogP contribution in [0.4, 0.5) is 36.6 Å². The Morgan fingerprint density at radius 1 is 0.750 bits per heavy atom. The van der Waals surface area contributed by atoms with Crippen molar-refractivity contribution in [2.24, 2.45) is 0 Å². The molecule has 0 radical (unpaired) electrons. The SMILES string of the molecule is CCCC(NC(=O)Cc1cc(F)cc(F)c1)C(=O)Nc1ccc(C(C)NCC(F)(F)F)cn1.CCCC(NC(=O)Cc1cc(F)cc(F)c1)C(=O)O. The zero-order chi connectivity index (χ0) is 39.0. The molecule has 0 saturated carbocycles. The fraction of sp³-hybridized carbons (Fsp3) is 0.400. The number of hydrogen-bond acceptors (Lipinski definition) is 6. The molecule has 0 saturated heterocycles. The van der Waals surface area contributed by atoms with Gasteiger partial charge in [-0.1, -0.05) is 32.8 Å². The quantitative estimate of drug-likeness (QED) is 0.115. The summed E-state index contributed by atoms with van der Waals surface area (Å²) >= 11 is 0. The maximum atomic E-state index is 13.3. The van der Waals surface area contributed by atoms with Crippen LogP contribution < -0.4 is 21.3 Å². The second-order valence-electron chi connectivity index (χ2n) is 11.7. The number of hydrogen-bond donors (Lipinski definition) is 5. The number of benzene rings is 2. The van der Waals surface area contributed by atoms with Crippen molar-refractivity contribution in [2.45, 2.75) is 83.6 Å². The Morgan fingerprint density at radius 2 is 1.21 bits per heavy atom. The summed E-state index contributed by atoms with van der Waals surface area (Å²) in [7, 11) is 0. The van der Waals surface area contributed by atoms with Gasteiger partial charge in [-0.05, 0) is 66.8 Å². The fourth-order valence-corrected chi connectivity index (χ4v) is 4.73. The predicted molar refractivity (Wildman–Crippen MR) is 177 cm³/mol. The Labute approximate surface area is 295 Å². The Balaban J connectivity index is 0.000000418. The summed E-state index contributed by atoms with van der Waals surface area (Å²) in [6.45, 7) is 4.02. The van der Waals surface area contributed by atoms with Crippen molar-refractivity contribution in [3.8, 4) is 0 Å². The van der Waals surface area contributed by atoms with Gasteiger partial charge in [-0.3, -0.25) is 14.4 Å². The molecule has 0 aliphatic heterocycles. The van der Waals surface area contributed by atoms with E-state index in [9.17, 15) is 49.9 Å². The van der Waals surface area contributed by atoms with Gasteiger partial charge in [-0.2, -0.15) is 13.2 Å². The molecule has 0 spiro atoms. The number of carbonyl (C=O) groups excluding carboxylic acids is 3. The largest absolute Gasteiger partial charge is 0.480 e. The number of anilines is 1. The predicted octanol–water partition coefficient (Wildman–Crippen LogP) is 5.92. The molecule has 0 aliphatic rings. The molecule has 1 aromatic heterocycles. The van der Waals surface area contributed by atoms with E-state index in [2.05, 4.69) is 26.3 Å². The molecule has 0 fully saturated rings. The van der Waals surface area contributed by atoms with E-state index in [1.165, 1.54) is 18.3 Å². The number of rotatable bonds is 16. The highest BCUT2D eigenvalue weighted by molar-refractivity contribution is 5.96. The van der Waals surface area contributed by atoms with E-state index in [1.807, 2.05) is 6.92 Å². The monoisotopic (exact) mass is 743 g/mol. The number of carboxylic acids is 1. The maximum Gasteiger partial charge on any atom is 0.401 e. The van der Waals surface area contributed by atoms with Gasteiger partial charge in [0.2, 0.25) is 17.7 Å². The van der Waals surface area contributed by atoms with Crippen molar-refractivity contribution >= 4 is 29.5 Å². The Kier molecular flexibility index (Phi) is 17.2. The fourth-order valence-electron chi connectivity index (χ4n) is 4.73. The summed E-state index contributed by atoms with van der Waals surface area (Å²) in [6.07, 6.45) is -1.77. The van der Waals surface area contributed by atoms with Crippen LogP contribution in [0.5, 0.6) is 0 Å². The lowest BCUT2D eigenvalue weighted by Gasteiger charge is -2.18. The number of nitrogens with one attached hydrogen (secondary N) is 4. The van der Waals surface area contributed by atoms with Crippen LogP contribution in [-0.4, -0.2) is 58.6 Å². The molecule has 5 N–H and O–H groups in total. The van der Waals surface area contributed by atoms with Crippen LogP contribution in [0.3, 0.4) is 0 Å². The Morgan fingerprint density at radius 3 is 1.62 bits per heavy atom. The average molecular weight is 744 g/mol. The minimum absolute atomic E-state index is 0.131. The van der Waals surface area contributed by atoms with Gasteiger partial charge in [0.15, 0.2) is 0 Å². The number of carbonyl (C=O) groups is 4. The highest BCUT2D eigenvalue weighted by Crippen LogP contribution is 2.18. The number of amides is 3. The van der Waals surface area contributed by atoms with Crippen molar-refractivity contribution in [3.05, 3.63) is 94.7 Å². The van der Waals surface area contributed by atoms with E-state index in [-0.39, 0.29) is 29.8 Å². The van der Waals surface area contributed by atoms with E-state index < -0.39 is 77.8 Å². The first kappa shape index (κ1) is 43.1. The summed E-state index contributed by atoms with van der Waals surface area (Å²) in [5.41, 5.74) is 0.791. The molecule has 17 heteroatoms. The number of alkyl halides is 3. The van der Waals surface area contributed by atoms with E-state index in [0.717, 1.165) is 24.3 Å². The summed E-state index contributed by atoms with van der Waals surface area (Å²) < 4.78 is 89.5. The van der Waals surface area contributed by atoms with Crippen LogP contribution >= 0.6 is 0 Å². The van der Waals surface area contributed by atoms with Crippen molar-refractivity contribution in [1.29, 1.82) is 0 Å². The molecule has 0 bridgehead atoms. The molecule has 3 rings (SSSR count). The van der Waals surface area contributed by atoms with Crippen LogP contribution in [0.1, 0.15) is 69.2 Å². The van der Waals surface area contributed by atoms with Crippen LogP contribution in [-0.2, 0) is 32.0 Å². The third kappa shape index (κ3) is 16.3. The maximum absolute atomic E-state index is 13.3. The Hall–Kier alpha value is -5.06. The third-order valence-electron chi connectivity index (χ3n) is 7.16. The second-order valence-corrected chi connectivity index (χ2v) is 11.7. The van der Waals surface area contributed by atoms with Crippen molar-refractivity contribution in [3.63, 3.8) is 0 Å². The van der Waals surface area contributed by atoms with E-state index in [4.69, 9.17) is 5.11 Å². The van der Waals surface area contributed by atoms with Gasteiger partial charge in [-0.25, -0.2) is 27.3 Å². The lowest BCUT2D eigenvalue weighted by atomic mass is 10.1. The molecule has 1 heterocycles. The van der Waals surface area contributed by atoms with E-state index >= 15 is 0 Å². The van der Waals surface area contributed by atoms with Crippen LogP contribution in [0, 0.1) is 23.3 Å². The van der Waals surface area contributed by atoms with Gasteiger partial charge in [0.1, 0.15) is 41.2 Å². The highest BCUT2D eigenvalue weighted by Gasteiger charge is 2.27. The summed E-state index contributed by atoms with van der Waals surface area (Å²) in [5, 5.41) is 18.6. The molecular formula is C35H40F7N5O5. The first-order chi connectivity index (χ1) is 24.4. The number of pyridine rings is 1. The zero-order valence-electron chi connectivity index (χ0n) is 28.6. The minimum Gasteiger partial charge on any atom is -0.480 e. The van der Waals surface area contributed by atoms with Gasteiger partial charge in [0, 0.05) is 24.4 Å². The number of halogens is 7. The van der Waals surface area contributed by atoms with Crippen LogP contribution in [0.25, 0.3) is 0 Å². The summed E-state index contributed by atoms with van der Waals surface area (Å²) in [5.74, 6) is -5.82. The molecule has 3 unspecified atom stereocenters. The van der Waals surface area contributed by atoms with Gasteiger partial charge in [-0.15, -0.1) is 0 Å². The van der Waals surface area contributed by atoms with Gasteiger partial charge >= 0.3 is 12.1 Å². The molecule has 52 heavy (non-hydrogen) atoms. The molecule has 10 nitrogen and oxygen atoms in total. The first-order valence-electron chi connectivity index (χ1n) is 16.2. The normalized spacial score (nSPS) is 12.8. The molecule has 2 aromatic carbocycles. The summed E-state index contributed by atoms with van der Waals surface area (Å²) in [4.78, 5) is 51.4. The van der Waals surface area contributed by atoms with Gasteiger partial charge in [0.05, 0.1) is 19.4 Å². The standard InChI is InChI=1S/C22H25F5N4O2.C13H15F2NO3/c1-3-4-18(30-20(32)9-14-7-16(23)10-17(24)8-14)21(33)31-19-6-5-15(11-28-19)13(2)29-12-22(25,26)27;1-2-3-11(13(18)19)16-12(17)6-8-4-9(14)7-10(15)5-8/h5-8,10-11,13,18,29H,3-4,9,12H2,1-2H3,(H,30,32)(H,28,31,33);4-5,7,11H,2-3,6H2,1H3,(H,16,17)(H,18,19). The van der Waals surface area contributed by atoms with Crippen LogP contribution in [0.15, 0.2) is 54.7 Å². The molecule has 0 aliphatic carbocycles. The third-order valence-corrected chi connectivity index (χ3v) is 7.16. The lowest BCUT2D eigenvalue weighted by molar-refractivity contribution is -0.142. The van der Waals surface area contributed by atoms with Crippen molar-refractivity contribution < 1.29 is 55.0 Å². The topological polar surface area (TPSA) is 150 Å². The Bertz CT molecular complexity index is 1620. The number of nitrogens with zero attached hydrogens (tertiary/aromatic N) is 1. The lowest BCUT2D eigenvalue weighted by Crippen LogP contribution is -2.44.